The predicted molar refractivity (Wildman–Crippen MR) is 145 cm³/mol. The molecule has 0 radical (unpaired) electrons. The summed E-state index contributed by atoms with van der Waals surface area (Å²) in [5.41, 5.74) is 3.59. The Morgan fingerprint density at radius 3 is 1.35 bits per heavy atom. The molecule has 6 aromatic rings. The smallest absolute Gasteiger partial charge is 0.287 e. The Kier molecular flexibility index (Phi) is 5.14. The van der Waals surface area contributed by atoms with Crippen LogP contribution in [0.5, 0.6) is 0 Å². The minimum Gasteiger partial charge on any atom is -0.408 e. The van der Waals surface area contributed by atoms with Gasteiger partial charge in [0.15, 0.2) is 0 Å². The van der Waals surface area contributed by atoms with E-state index < -0.39 is 8.32 Å². The number of nitrogens with zero attached hydrogens (tertiary/aromatic N) is 1. The van der Waals surface area contributed by atoms with Crippen molar-refractivity contribution in [3.8, 4) is 5.69 Å². The molecule has 2 nitrogen and oxygen atoms in total. The summed E-state index contributed by atoms with van der Waals surface area (Å²) < 4.78 is 8.86. The molecule has 0 aliphatic rings. The summed E-state index contributed by atoms with van der Waals surface area (Å²) in [6.07, 6.45) is 0. The molecule has 6 rings (SSSR count). The topological polar surface area (TPSA) is 14.2 Å². The largest absolute Gasteiger partial charge is 0.408 e. The van der Waals surface area contributed by atoms with E-state index in [9.17, 15) is 0 Å². The molecule has 0 atom stereocenters. The molecule has 1 aromatic heterocycles. The van der Waals surface area contributed by atoms with Crippen molar-refractivity contribution in [1.82, 2.24) is 4.57 Å². The molecule has 3 heteroatoms. The van der Waals surface area contributed by atoms with Crippen molar-refractivity contribution in [3.05, 3.63) is 133 Å². The first kappa shape index (κ1) is 20.7. The van der Waals surface area contributed by atoms with Crippen LogP contribution in [0.3, 0.4) is 0 Å². The average Bonchev–Trinajstić information content (AvgIpc) is 3.26. The van der Waals surface area contributed by atoms with Crippen LogP contribution in [0.15, 0.2) is 133 Å². The van der Waals surface area contributed by atoms with E-state index in [1.807, 2.05) is 7.11 Å². The van der Waals surface area contributed by atoms with Gasteiger partial charge in [0.25, 0.3) is 8.32 Å². The molecule has 5 aromatic carbocycles. The van der Waals surface area contributed by atoms with Gasteiger partial charge in [0.2, 0.25) is 0 Å². The molecule has 0 fully saturated rings. The van der Waals surface area contributed by atoms with Crippen LogP contribution < -0.4 is 15.6 Å². The lowest BCUT2D eigenvalue weighted by Gasteiger charge is -2.31. The Balaban J connectivity index is 1.56. The molecule has 0 unspecified atom stereocenters. The molecule has 0 bridgehead atoms. The maximum Gasteiger partial charge on any atom is 0.287 e. The maximum atomic E-state index is 6.50. The Hall–Kier alpha value is -3.92. The SMILES string of the molecule is CO[Si](c1ccccc1)(c1ccccc1)c1ccc(-n2c3ccccc3c3ccccc32)cc1. The van der Waals surface area contributed by atoms with E-state index >= 15 is 0 Å². The van der Waals surface area contributed by atoms with Crippen LogP contribution in [-0.2, 0) is 4.43 Å². The van der Waals surface area contributed by atoms with Gasteiger partial charge in [-0.1, -0.05) is 109 Å². The zero-order valence-corrected chi connectivity index (χ0v) is 20.1. The molecule has 0 spiro atoms. The summed E-state index contributed by atoms with van der Waals surface area (Å²) in [6.45, 7) is 0. The van der Waals surface area contributed by atoms with E-state index in [4.69, 9.17) is 4.43 Å². The van der Waals surface area contributed by atoms with Crippen molar-refractivity contribution in [2.24, 2.45) is 0 Å². The molecule has 34 heavy (non-hydrogen) atoms. The van der Waals surface area contributed by atoms with Crippen LogP contribution in [0.25, 0.3) is 27.5 Å². The number of hydrogen-bond acceptors (Lipinski definition) is 1. The highest BCUT2D eigenvalue weighted by atomic mass is 28.4. The number of rotatable bonds is 5. The number of para-hydroxylation sites is 2. The van der Waals surface area contributed by atoms with Crippen LogP contribution >= 0.6 is 0 Å². The number of benzene rings is 5. The van der Waals surface area contributed by atoms with Gasteiger partial charge >= 0.3 is 0 Å². The van der Waals surface area contributed by atoms with Gasteiger partial charge in [0, 0.05) is 23.6 Å². The number of aromatic nitrogens is 1. The monoisotopic (exact) mass is 455 g/mol. The molecular formula is C31H25NOSi. The highest BCUT2D eigenvalue weighted by Gasteiger charge is 2.40. The van der Waals surface area contributed by atoms with Gasteiger partial charge in [0.05, 0.1) is 11.0 Å². The molecule has 0 saturated heterocycles. The first-order valence-corrected chi connectivity index (χ1v) is 13.5. The van der Waals surface area contributed by atoms with Crippen LogP contribution in [0.1, 0.15) is 0 Å². The lowest BCUT2D eigenvalue weighted by molar-refractivity contribution is 0.426. The van der Waals surface area contributed by atoms with E-state index in [0.29, 0.717) is 0 Å². The van der Waals surface area contributed by atoms with Crippen molar-refractivity contribution in [1.29, 1.82) is 0 Å². The second-order valence-corrected chi connectivity index (χ2v) is 12.0. The van der Waals surface area contributed by atoms with Gasteiger partial charge < -0.3 is 8.99 Å². The van der Waals surface area contributed by atoms with Gasteiger partial charge in [-0.2, -0.15) is 0 Å². The quantitative estimate of drug-likeness (QED) is 0.251. The Labute approximate surface area is 200 Å². The highest BCUT2D eigenvalue weighted by molar-refractivity contribution is 7.07. The second kappa shape index (κ2) is 8.45. The van der Waals surface area contributed by atoms with Gasteiger partial charge in [-0.15, -0.1) is 0 Å². The first-order chi connectivity index (χ1) is 16.8. The molecule has 164 valence electrons. The molecule has 0 aliphatic heterocycles. The van der Waals surface area contributed by atoms with Crippen molar-refractivity contribution < 1.29 is 4.43 Å². The molecule has 0 saturated carbocycles. The molecule has 1 heterocycles. The van der Waals surface area contributed by atoms with Crippen LogP contribution in [-0.4, -0.2) is 20.0 Å². The number of fused-ring (bicyclic) bond motifs is 3. The van der Waals surface area contributed by atoms with Crippen molar-refractivity contribution >= 4 is 45.7 Å². The molecule has 0 aliphatic carbocycles. The van der Waals surface area contributed by atoms with Crippen molar-refractivity contribution in [2.45, 2.75) is 0 Å². The van der Waals surface area contributed by atoms with Crippen molar-refractivity contribution in [2.75, 3.05) is 7.11 Å². The van der Waals surface area contributed by atoms with E-state index in [1.54, 1.807) is 0 Å². The van der Waals surface area contributed by atoms with Gasteiger partial charge in [0.1, 0.15) is 0 Å². The molecule has 0 N–H and O–H groups in total. The standard InChI is InChI=1S/C31H25NOSi/c1-33-34(25-12-4-2-5-13-25,26-14-6-3-7-15-26)27-22-20-24(21-23-27)32-30-18-10-8-16-28(30)29-17-9-11-19-31(29)32/h2-23H,1H3. The summed E-state index contributed by atoms with van der Waals surface area (Å²) in [7, 11) is -0.768. The molecular weight excluding hydrogens is 430 g/mol. The number of hydrogen-bond donors (Lipinski definition) is 0. The summed E-state index contributed by atoms with van der Waals surface area (Å²) >= 11 is 0. The van der Waals surface area contributed by atoms with Crippen molar-refractivity contribution in [3.63, 3.8) is 0 Å². The summed E-state index contributed by atoms with van der Waals surface area (Å²) in [5, 5.41) is 6.27. The van der Waals surface area contributed by atoms with E-state index in [-0.39, 0.29) is 0 Å². The van der Waals surface area contributed by atoms with Crippen LogP contribution in [0.2, 0.25) is 0 Å². The zero-order valence-electron chi connectivity index (χ0n) is 19.1. The third-order valence-corrected chi connectivity index (χ3v) is 10.8. The first-order valence-electron chi connectivity index (χ1n) is 11.6. The lowest BCUT2D eigenvalue weighted by Crippen LogP contribution is -2.68. The van der Waals surface area contributed by atoms with Gasteiger partial charge in [-0.3, -0.25) is 0 Å². The third kappa shape index (κ3) is 3.13. The van der Waals surface area contributed by atoms with Gasteiger partial charge in [-0.05, 0) is 39.8 Å². The fourth-order valence-electron chi connectivity index (χ4n) is 5.25. The average molecular weight is 456 g/mol. The zero-order chi connectivity index (χ0) is 23.0. The predicted octanol–water partition coefficient (Wildman–Crippen LogP) is 5.40. The van der Waals surface area contributed by atoms with Crippen LogP contribution in [0, 0.1) is 0 Å². The molecule has 0 amide bonds. The van der Waals surface area contributed by atoms with Crippen LogP contribution in [0.4, 0.5) is 0 Å². The Bertz CT molecular complexity index is 1480. The normalized spacial score (nSPS) is 11.8. The fraction of sp³-hybridized carbons (Fsp3) is 0.0323. The minimum absolute atomic E-state index is 1.15. The Morgan fingerprint density at radius 2 is 0.882 bits per heavy atom. The summed E-state index contributed by atoms with van der Waals surface area (Å²) in [6, 6.07) is 47.6. The maximum absolute atomic E-state index is 6.50. The van der Waals surface area contributed by atoms with Gasteiger partial charge in [-0.25, -0.2) is 0 Å². The van der Waals surface area contributed by atoms with E-state index in [0.717, 1.165) is 5.69 Å². The summed E-state index contributed by atoms with van der Waals surface area (Å²) in [4.78, 5) is 0. The third-order valence-electron chi connectivity index (χ3n) is 6.78. The second-order valence-electron chi connectivity index (χ2n) is 8.53. The van der Waals surface area contributed by atoms with E-state index in [1.165, 1.54) is 37.4 Å². The highest BCUT2D eigenvalue weighted by Crippen LogP contribution is 2.31. The lowest BCUT2D eigenvalue weighted by atomic mass is 10.2. The van der Waals surface area contributed by atoms with E-state index in [2.05, 4.69) is 138 Å². The Morgan fingerprint density at radius 1 is 0.471 bits per heavy atom. The fourth-order valence-corrected chi connectivity index (χ4v) is 8.91. The minimum atomic E-state index is -2.62. The summed E-state index contributed by atoms with van der Waals surface area (Å²) in [5.74, 6) is 0.